The predicted octanol–water partition coefficient (Wildman–Crippen LogP) is 3.28. The lowest BCUT2D eigenvalue weighted by Gasteiger charge is -2.29. The highest BCUT2D eigenvalue weighted by atomic mass is 32.2. The van der Waals surface area contributed by atoms with Crippen LogP contribution in [0.5, 0.6) is 5.75 Å². The monoisotopic (exact) mass is 389 g/mol. The molecule has 2 aromatic carbocycles. The van der Waals surface area contributed by atoms with Crippen LogP contribution in [0.1, 0.15) is 36.5 Å². The Labute approximate surface area is 161 Å². The number of rotatable bonds is 8. The van der Waals surface area contributed by atoms with Gasteiger partial charge in [0.1, 0.15) is 11.4 Å². The van der Waals surface area contributed by atoms with Crippen molar-refractivity contribution < 1.29 is 18.3 Å². The van der Waals surface area contributed by atoms with Crippen LogP contribution in [0.4, 0.5) is 0 Å². The van der Waals surface area contributed by atoms with E-state index in [9.17, 15) is 13.5 Å². The fraction of sp³-hybridized carbons (Fsp3) is 0.429. The summed E-state index contributed by atoms with van der Waals surface area (Å²) < 4.78 is 33.9. The van der Waals surface area contributed by atoms with Gasteiger partial charge in [0.15, 0.2) is 0 Å². The molecular weight excluding hydrogens is 362 g/mol. The summed E-state index contributed by atoms with van der Waals surface area (Å²) in [5.74, 6) is 0.793. The molecule has 1 fully saturated rings. The molecule has 0 aromatic heterocycles. The highest BCUT2D eigenvalue weighted by Crippen LogP contribution is 2.45. The third kappa shape index (κ3) is 4.18. The molecule has 146 valence electrons. The molecule has 1 aliphatic carbocycles. The van der Waals surface area contributed by atoms with Gasteiger partial charge in [-0.1, -0.05) is 30.3 Å². The molecule has 1 unspecified atom stereocenters. The first-order valence-corrected chi connectivity index (χ1v) is 10.8. The van der Waals surface area contributed by atoms with Crippen LogP contribution in [-0.4, -0.2) is 26.7 Å². The zero-order valence-corrected chi connectivity index (χ0v) is 16.8. The second-order valence-corrected chi connectivity index (χ2v) is 8.98. The number of ether oxygens (including phenoxy) is 1. The van der Waals surface area contributed by atoms with Gasteiger partial charge in [0.05, 0.1) is 11.5 Å². The smallest absolute Gasteiger partial charge is 0.240 e. The standard InChI is InChI=1S/C21H27NO4S/c1-4-26-20-15(2)12-19(13-16(20)3)27(24,25)22-14-21(23,18-10-11-18)17-8-6-5-7-9-17/h5-9,12-13,18,22-23H,4,10-11,14H2,1-3H3. The summed E-state index contributed by atoms with van der Waals surface area (Å²) in [6, 6.07) is 12.5. The van der Waals surface area contributed by atoms with Crippen molar-refractivity contribution in [1.29, 1.82) is 0 Å². The number of sulfonamides is 1. The normalized spacial score (nSPS) is 16.7. The molecule has 0 amide bonds. The molecular formula is C21H27NO4S. The van der Waals surface area contributed by atoms with Crippen molar-refractivity contribution in [3.8, 4) is 5.75 Å². The molecule has 0 saturated heterocycles. The SMILES string of the molecule is CCOc1c(C)cc(S(=O)(=O)NCC(O)(c2ccccc2)C2CC2)cc1C. The van der Waals surface area contributed by atoms with Gasteiger partial charge in [0.25, 0.3) is 0 Å². The Bertz CT molecular complexity index is 884. The van der Waals surface area contributed by atoms with Crippen molar-refractivity contribution in [3.63, 3.8) is 0 Å². The van der Waals surface area contributed by atoms with E-state index >= 15 is 0 Å². The quantitative estimate of drug-likeness (QED) is 0.726. The predicted molar refractivity (Wildman–Crippen MR) is 105 cm³/mol. The number of benzene rings is 2. The van der Waals surface area contributed by atoms with E-state index in [4.69, 9.17) is 4.74 Å². The van der Waals surface area contributed by atoms with Crippen molar-refractivity contribution in [2.75, 3.05) is 13.2 Å². The maximum absolute atomic E-state index is 12.9. The Kier molecular flexibility index (Phi) is 5.60. The average molecular weight is 390 g/mol. The summed E-state index contributed by atoms with van der Waals surface area (Å²) in [6.07, 6.45) is 1.79. The molecule has 27 heavy (non-hydrogen) atoms. The van der Waals surface area contributed by atoms with Gasteiger partial charge in [-0.05, 0) is 68.4 Å². The Hall–Kier alpha value is -1.89. The van der Waals surface area contributed by atoms with E-state index in [2.05, 4.69) is 4.72 Å². The fourth-order valence-corrected chi connectivity index (χ4v) is 4.74. The molecule has 5 nitrogen and oxygen atoms in total. The number of hydrogen-bond donors (Lipinski definition) is 2. The van der Waals surface area contributed by atoms with Gasteiger partial charge in [-0.15, -0.1) is 0 Å². The largest absolute Gasteiger partial charge is 0.493 e. The van der Waals surface area contributed by atoms with Crippen molar-refractivity contribution in [1.82, 2.24) is 4.72 Å². The molecule has 0 heterocycles. The molecule has 2 N–H and O–H groups in total. The van der Waals surface area contributed by atoms with E-state index in [1.807, 2.05) is 51.1 Å². The zero-order valence-electron chi connectivity index (χ0n) is 16.0. The van der Waals surface area contributed by atoms with Gasteiger partial charge >= 0.3 is 0 Å². The molecule has 0 spiro atoms. The molecule has 1 atom stereocenters. The summed E-state index contributed by atoms with van der Waals surface area (Å²) in [6.45, 7) is 6.04. The highest BCUT2D eigenvalue weighted by Gasteiger charge is 2.45. The summed E-state index contributed by atoms with van der Waals surface area (Å²) >= 11 is 0. The van der Waals surface area contributed by atoms with Crippen molar-refractivity contribution in [2.24, 2.45) is 5.92 Å². The Morgan fingerprint density at radius 1 is 1.15 bits per heavy atom. The first kappa shape index (κ1) is 19.9. The van der Waals surface area contributed by atoms with E-state index in [0.717, 1.165) is 35.3 Å². The minimum Gasteiger partial charge on any atom is -0.493 e. The lowest BCUT2D eigenvalue weighted by atomic mass is 9.89. The second kappa shape index (κ2) is 7.62. The molecule has 1 aliphatic rings. The molecule has 2 aromatic rings. The first-order valence-electron chi connectivity index (χ1n) is 9.29. The average Bonchev–Trinajstić information content (AvgIpc) is 3.49. The third-order valence-corrected chi connectivity index (χ3v) is 6.47. The van der Waals surface area contributed by atoms with E-state index in [1.54, 1.807) is 12.1 Å². The minimum atomic E-state index is -3.75. The number of hydrogen-bond acceptors (Lipinski definition) is 4. The summed E-state index contributed by atoms with van der Waals surface area (Å²) in [7, 11) is -3.75. The topological polar surface area (TPSA) is 75.6 Å². The van der Waals surface area contributed by atoms with Gasteiger partial charge in [-0.3, -0.25) is 0 Å². The summed E-state index contributed by atoms with van der Waals surface area (Å²) in [5.41, 5.74) is 1.11. The minimum absolute atomic E-state index is 0.0463. The van der Waals surface area contributed by atoms with Gasteiger partial charge < -0.3 is 9.84 Å². The van der Waals surface area contributed by atoms with Gasteiger partial charge in [-0.25, -0.2) is 13.1 Å². The van der Waals surface area contributed by atoms with Crippen molar-refractivity contribution >= 4 is 10.0 Å². The lowest BCUT2D eigenvalue weighted by Crippen LogP contribution is -2.42. The van der Waals surface area contributed by atoms with Gasteiger partial charge in [0.2, 0.25) is 10.0 Å². The van der Waals surface area contributed by atoms with E-state index in [0.29, 0.717) is 6.61 Å². The van der Waals surface area contributed by atoms with Crippen LogP contribution in [0, 0.1) is 19.8 Å². The fourth-order valence-electron chi connectivity index (χ4n) is 3.50. The molecule has 6 heteroatoms. The highest BCUT2D eigenvalue weighted by molar-refractivity contribution is 7.89. The van der Waals surface area contributed by atoms with Crippen LogP contribution >= 0.6 is 0 Å². The molecule has 3 rings (SSSR count). The lowest BCUT2D eigenvalue weighted by molar-refractivity contribution is 0.0185. The van der Waals surface area contributed by atoms with Gasteiger partial charge in [0, 0.05) is 6.54 Å². The van der Waals surface area contributed by atoms with Crippen LogP contribution in [0.3, 0.4) is 0 Å². The van der Waals surface area contributed by atoms with Crippen LogP contribution in [0.15, 0.2) is 47.4 Å². The van der Waals surface area contributed by atoms with E-state index < -0.39 is 15.6 Å². The van der Waals surface area contributed by atoms with Crippen molar-refractivity contribution in [2.45, 2.75) is 44.1 Å². The molecule has 0 aliphatic heterocycles. The maximum atomic E-state index is 12.9. The van der Waals surface area contributed by atoms with Gasteiger partial charge in [-0.2, -0.15) is 0 Å². The van der Waals surface area contributed by atoms with Crippen LogP contribution in [-0.2, 0) is 15.6 Å². The van der Waals surface area contributed by atoms with Crippen molar-refractivity contribution in [3.05, 3.63) is 59.2 Å². The Morgan fingerprint density at radius 2 is 1.74 bits per heavy atom. The van der Waals surface area contributed by atoms with Crippen LogP contribution in [0.25, 0.3) is 0 Å². The van der Waals surface area contributed by atoms with E-state index in [1.165, 1.54) is 0 Å². The van der Waals surface area contributed by atoms with Crippen LogP contribution < -0.4 is 9.46 Å². The molecule has 1 saturated carbocycles. The maximum Gasteiger partial charge on any atom is 0.240 e. The second-order valence-electron chi connectivity index (χ2n) is 7.21. The van der Waals surface area contributed by atoms with E-state index in [-0.39, 0.29) is 17.4 Å². The summed E-state index contributed by atoms with van der Waals surface area (Å²) in [5, 5.41) is 11.2. The number of aliphatic hydroxyl groups is 1. The first-order chi connectivity index (χ1) is 12.8. The molecule has 0 bridgehead atoms. The third-order valence-electron chi connectivity index (χ3n) is 5.09. The molecule has 0 radical (unpaired) electrons. The Balaban J connectivity index is 1.84. The van der Waals surface area contributed by atoms with Crippen LogP contribution in [0.2, 0.25) is 0 Å². The summed E-state index contributed by atoms with van der Waals surface area (Å²) in [4.78, 5) is 0.187. The number of aryl methyl sites for hydroxylation is 2. The Morgan fingerprint density at radius 3 is 2.26 bits per heavy atom. The number of nitrogens with one attached hydrogen (secondary N) is 1. The zero-order chi connectivity index (χ0) is 19.7.